The van der Waals surface area contributed by atoms with Crippen LogP contribution < -0.4 is 4.74 Å². The number of ether oxygens (including phenoxy) is 1. The second-order valence-electron chi connectivity index (χ2n) is 4.14. The van der Waals surface area contributed by atoms with Gasteiger partial charge in [-0.2, -0.15) is 0 Å². The predicted octanol–water partition coefficient (Wildman–Crippen LogP) is 2.37. The Hall–Kier alpha value is -2.18. The van der Waals surface area contributed by atoms with Crippen LogP contribution in [0.2, 0.25) is 0 Å². The lowest BCUT2D eigenvalue weighted by Gasteiger charge is -2.23. The van der Waals surface area contributed by atoms with Gasteiger partial charge in [0.1, 0.15) is 5.82 Å². The molecule has 0 fully saturated rings. The second kappa shape index (κ2) is 6.83. The van der Waals surface area contributed by atoms with E-state index in [0.717, 1.165) is 18.2 Å². The van der Waals surface area contributed by atoms with Gasteiger partial charge in [-0.15, -0.1) is 0 Å². The van der Waals surface area contributed by atoms with Gasteiger partial charge in [-0.3, -0.25) is 14.9 Å². The summed E-state index contributed by atoms with van der Waals surface area (Å²) in [7, 11) is 0. The number of hydrogen-bond acceptors (Lipinski definition) is 4. The van der Waals surface area contributed by atoms with Crippen LogP contribution in [0.1, 0.15) is 20.8 Å². The minimum atomic E-state index is -0.921. The largest absolute Gasteiger partial charge is 0.474 e. The lowest BCUT2D eigenvalue weighted by atomic mass is 10.2. The van der Waals surface area contributed by atoms with Gasteiger partial charge >= 0.3 is 5.69 Å². The van der Waals surface area contributed by atoms with Crippen LogP contribution in [0.15, 0.2) is 18.2 Å². The summed E-state index contributed by atoms with van der Waals surface area (Å²) in [5.74, 6) is -1.20. The molecule has 1 atom stereocenters. The molecule has 1 amide bonds. The molecular weight excluding hydrogens is 267 g/mol. The summed E-state index contributed by atoms with van der Waals surface area (Å²) in [5.41, 5.74) is -0.370. The molecule has 20 heavy (non-hydrogen) atoms. The monoisotopic (exact) mass is 284 g/mol. The first-order chi connectivity index (χ1) is 9.40. The number of carbonyl (C=O) groups excluding carboxylic acids is 1. The van der Waals surface area contributed by atoms with Crippen molar-refractivity contribution in [3.63, 3.8) is 0 Å². The van der Waals surface area contributed by atoms with Crippen LogP contribution in [0.5, 0.6) is 5.75 Å². The molecule has 0 saturated carbocycles. The van der Waals surface area contributed by atoms with Gasteiger partial charge in [0.05, 0.1) is 4.92 Å². The van der Waals surface area contributed by atoms with Gasteiger partial charge in [0.15, 0.2) is 6.10 Å². The van der Waals surface area contributed by atoms with E-state index in [1.807, 2.05) is 13.8 Å². The quantitative estimate of drug-likeness (QED) is 0.594. The molecule has 1 aromatic carbocycles. The molecule has 6 nitrogen and oxygen atoms in total. The topological polar surface area (TPSA) is 72.7 Å². The summed E-state index contributed by atoms with van der Waals surface area (Å²) < 4.78 is 18.4. The maximum absolute atomic E-state index is 13.2. The molecule has 0 spiro atoms. The molecule has 1 rings (SSSR count). The Morgan fingerprint density at radius 1 is 1.45 bits per heavy atom. The Morgan fingerprint density at radius 3 is 2.55 bits per heavy atom. The van der Waals surface area contributed by atoms with Crippen molar-refractivity contribution < 1.29 is 18.8 Å². The SMILES string of the molecule is CCN(CC)C(=O)C(C)Oc1cc(F)ccc1[N+](=O)[O-]. The number of hydrogen-bond donors (Lipinski definition) is 0. The first-order valence-corrected chi connectivity index (χ1v) is 6.30. The van der Waals surface area contributed by atoms with Crippen molar-refractivity contribution in [2.75, 3.05) is 13.1 Å². The van der Waals surface area contributed by atoms with Gasteiger partial charge in [0.25, 0.3) is 5.91 Å². The van der Waals surface area contributed by atoms with E-state index in [-0.39, 0.29) is 17.3 Å². The maximum Gasteiger partial charge on any atom is 0.311 e. The number of carbonyl (C=O) groups is 1. The predicted molar refractivity (Wildman–Crippen MR) is 71.1 cm³/mol. The summed E-state index contributed by atoms with van der Waals surface area (Å²) in [6.45, 7) is 6.13. The molecule has 0 aliphatic rings. The van der Waals surface area contributed by atoms with E-state index >= 15 is 0 Å². The number of rotatable bonds is 6. The van der Waals surface area contributed by atoms with Crippen molar-refractivity contribution in [1.29, 1.82) is 0 Å². The van der Waals surface area contributed by atoms with Gasteiger partial charge in [-0.25, -0.2) is 4.39 Å². The molecule has 0 heterocycles. The van der Waals surface area contributed by atoms with E-state index in [1.165, 1.54) is 11.8 Å². The molecule has 1 unspecified atom stereocenters. The number of nitro groups is 1. The van der Waals surface area contributed by atoms with E-state index in [1.54, 1.807) is 0 Å². The molecular formula is C13H17FN2O4. The van der Waals surface area contributed by atoms with E-state index in [0.29, 0.717) is 13.1 Å². The minimum Gasteiger partial charge on any atom is -0.474 e. The van der Waals surface area contributed by atoms with Gasteiger partial charge in [-0.05, 0) is 26.8 Å². The second-order valence-corrected chi connectivity index (χ2v) is 4.14. The summed E-state index contributed by atoms with van der Waals surface area (Å²) in [6, 6.07) is 2.89. The van der Waals surface area contributed by atoms with Crippen LogP contribution in [-0.4, -0.2) is 34.9 Å². The highest BCUT2D eigenvalue weighted by Gasteiger charge is 2.24. The van der Waals surface area contributed by atoms with Gasteiger partial charge < -0.3 is 9.64 Å². The third kappa shape index (κ3) is 3.66. The van der Waals surface area contributed by atoms with Gasteiger partial charge in [0, 0.05) is 25.2 Å². The van der Waals surface area contributed by atoms with Gasteiger partial charge in [0.2, 0.25) is 5.75 Å². The number of likely N-dealkylation sites (N-methyl/N-ethyl adjacent to an activating group) is 1. The zero-order valence-corrected chi connectivity index (χ0v) is 11.6. The molecule has 1 aromatic rings. The zero-order valence-electron chi connectivity index (χ0n) is 11.6. The summed E-state index contributed by atoms with van der Waals surface area (Å²) in [5, 5.41) is 10.8. The first kappa shape index (κ1) is 15.9. The third-order valence-electron chi connectivity index (χ3n) is 2.85. The first-order valence-electron chi connectivity index (χ1n) is 6.30. The summed E-state index contributed by atoms with van der Waals surface area (Å²) >= 11 is 0. The average Bonchev–Trinajstić information content (AvgIpc) is 2.39. The Bertz CT molecular complexity index is 503. The Kier molecular flexibility index (Phi) is 5.42. The third-order valence-corrected chi connectivity index (χ3v) is 2.85. The van der Waals surface area contributed by atoms with E-state index in [2.05, 4.69) is 0 Å². The fraction of sp³-hybridized carbons (Fsp3) is 0.462. The van der Waals surface area contributed by atoms with Crippen molar-refractivity contribution in [2.24, 2.45) is 0 Å². The fourth-order valence-corrected chi connectivity index (χ4v) is 1.77. The number of benzene rings is 1. The molecule has 0 saturated heterocycles. The molecule has 0 aromatic heterocycles. The number of halogens is 1. The fourth-order valence-electron chi connectivity index (χ4n) is 1.77. The Balaban J connectivity index is 2.95. The molecule has 0 aliphatic carbocycles. The average molecular weight is 284 g/mol. The van der Waals surface area contributed by atoms with Crippen LogP contribution >= 0.6 is 0 Å². The normalized spacial score (nSPS) is 11.8. The maximum atomic E-state index is 13.2. The van der Waals surface area contributed by atoms with Crippen molar-refractivity contribution in [3.05, 3.63) is 34.1 Å². The van der Waals surface area contributed by atoms with E-state index in [9.17, 15) is 19.3 Å². The number of nitrogens with zero attached hydrogens (tertiary/aromatic N) is 2. The Labute approximate surface area is 116 Å². The van der Waals surface area contributed by atoms with Gasteiger partial charge in [-0.1, -0.05) is 0 Å². The van der Waals surface area contributed by atoms with Crippen molar-refractivity contribution in [1.82, 2.24) is 4.90 Å². The summed E-state index contributed by atoms with van der Waals surface area (Å²) in [6.07, 6.45) is -0.921. The van der Waals surface area contributed by atoms with Crippen LogP contribution in [0.25, 0.3) is 0 Å². The van der Waals surface area contributed by atoms with Crippen molar-refractivity contribution in [3.8, 4) is 5.75 Å². The number of amides is 1. The molecule has 0 radical (unpaired) electrons. The standard InChI is InChI=1S/C13H17FN2O4/c1-4-15(5-2)13(17)9(3)20-12-8-10(14)6-7-11(12)16(18)19/h6-9H,4-5H2,1-3H3. The molecule has 110 valence electrons. The molecule has 0 aliphatic heterocycles. The smallest absolute Gasteiger partial charge is 0.311 e. The molecule has 7 heteroatoms. The minimum absolute atomic E-state index is 0.247. The van der Waals surface area contributed by atoms with E-state index < -0.39 is 16.8 Å². The van der Waals surface area contributed by atoms with Crippen LogP contribution in [0, 0.1) is 15.9 Å². The van der Waals surface area contributed by atoms with Crippen LogP contribution in [0.3, 0.4) is 0 Å². The lowest BCUT2D eigenvalue weighted by Crippen LogP contribution is -2.40. The highest BCUT2D eigenvalue weighted by molar-refractivity contribution is 5.81. The van der Waals surface area contributed by atoms with Crippen LogP contribution in [-0.2, 0) is 4.79 Å². The lowest BCUT2D eigenvalue weighted by molar-refractivity contribution is -0.386. The van der Waals surface area contributed by atoms with E-state index in [4.69, 9.17) is 4.74 Å². The highest BCUT2D eigenvalue weighted by Crippen LogP contribution is 2.28. The van der Waals surface area contributed by atoms with Crippen molar-refractivity contribution >= 4 is 11.6 Å². The molecule has 0 bridgehead atoms. The zero-order chi connectivity index (χ0) is 15.3. The Morgan fingerprint density at radius 2 is 2.05 bits per heavy atom. The number of nitro benzene ring substituents is 1. The highest BCUT2D eigenvalue weighted by atomic mass is 19.1. The summed E-state index contributed by atoms with van der Waals surface area (Å²) in [4.78, 5) is 23.7. The van der Waals surface area contributed by atoms with Crippen molar-refractivity contribution in [2.45, 2.75) is 26.9 Å². The molecule has 0 N–H and O–H groups in total. The van der Waals surface area contributed by atoms with Crippen LogP contribution in [0.4, 0.5) is 10.1 Å².